The predicted octanol–water partition coefficient (Wildman–Crippen LogP) is -1.63. The molecule has 0 spiro atoms. The third-order valence-electron chi connectivity index (χ3n) is 4.68. The molecule has 134 valence electrons. The van der Waals surface area contributed by atoms with Crippen LogP contribution in [0.3, 0.4) is 0 Å². The molecule has 0 saturated carbocycles. The number of aliphatic hydroxyl groups is 4. The predicted molar refractivity (Wildman–Crippen MR) is 83.9 cm³/mol. The summed E-state index contributed by atoms with van der Waals surface area (Å²) in [6, 6.07) is 7.50. The van der Waals surface area contributed by atoms with Gasteiger partial charge in [0, 0.05) is 0 Å². The first-order valence-electron chi connectivity index (χ1n) is 7.91. The van der Waals surface area contributed by atoms with Crippen molar-refractivity contribution in [3.8, 4) is 0 Å². The summed E-state index contributed by atoms with van der Waals surface area (Å²) in [5, 5.41) is 43.8. The van der Waals surface area contributed by atoms with Crippen LogP contribution in [0.25, 0.3) is 0 Å². The fourth-order valence-electron chi connectivity index (χ4n) is 2.88. The molecule has 2 aliphatic rings. The summed E-state index contributed by atoms with van der Waals surface area (Å²) in [4.78, 5) is 0. The Morgan fingerprint density at radius 1 is 0.750 bits per heavy atom. The lowest BCUT2D eigenvalue weighted by atomic mass is 10.0. The Kier molecular flexibility index (Phi) is 5.19. The second kappa shape index (κ2) is 7.03. The van der Waals surface area contributed by atoms with E-state index in [4.69, 9.17) is 9.47 Å². The molecule has 0 unspecified atom stereocenters. The summed E-state index contributed by atoms with van der Waals surface area (Å²) in [6.07, 6.45) is -0.797. The molecule has 0 amide bonds. The first-order chi connectivity index (χ1) is 11.6. The first kappa shape index (κ1) is 17.7. The molecular formula is C16H24N2O6. The highest BCUT2D eigenvalue weighted by atomic mass is 16.5. The number of aliphatic hydroxyl groups excluding tert-OH is 4. The van der Waals surface area contributed by atoms with Crippen molar-refractivity contribution in [1.29, 1.82) is 0 Å². The number of hydrogen-bond acceptors (Lipinski definition) is 8. The Morgan fingerprint density at radius 3 is 1.33 bits per heavy atom. The van der Waals surface area contributed by atoms with E-state index < -0.39 is 23.5 Å². The maximum absolute atomic E-state index is 9.40. The minimum Gasteiger partial charge on any atom is -0.394 e. The summed E-state index contributed by atoms with van der Waals surface area (Å²) in [5.74, 6) is 0. The Bertz CT molecular complexity index is 495. The van der Waals surface area contributed by atoms with Gasteiger partial charge in [-0.2, -0.15) is 0 Å². The number of benzene rings is 1. The Hall–Kier alpha value is -1.10. The maximum atomic E-state index is 9.40. The maximum Gasteiger partial charge on any atom is 0.135 e. The summed E-state index contributed by atoms with van der Waals surface area (Å²) in [7, 11) is 0. The molecule has 2 aliphatic heterocycles. The molecule has 6 N–H and O–H groups in total. The van der Waals surface area contributed by atoms with Gasteiger partial charge in [0.25, 0.3) is 0 Å². The van der Waals surface area contributed by atoms with Crippen molar-refractivity contribution in [2.45, 2.75) is 23.5 Å². The van der Waals surface area contributed by atoms with Gasteiger partial charge in [-0.05, 0) is 11.1 Å². The Morgan fingerprint density at radius 2 is 1.08 bits per heavy atom. The molecule has 8 nitrogen and oxygen atoms in total. The molecule has 2 fully saturated rings. The van der Waals surface area contributed by atoms with E-state index in [0.717, 1.165) is 11.1 Å². The van der Waals surface area contributed by atoms with E-state index in [1.54, 1.807) is 0 Å². The lowest BCUT2D eigenvalue weighted by Crippen LogP contribution is -2.50. The van der Waals surface area contributed by atoms with Crippen molar-refractivity contribution in [3.63, 3.8) is 0 Å². The zero-order chi connectivity index (χ0) is 17.2. The van der Waals surface area contributed by atoms with E-state index in [1.807, 2.05) is 24.3 Å². The Labute approximate surface area is 140 Å². The standard InChI is InChI=1S/C16H24N2O6/c19-5-15(6-20)9-23-13(17-15)11-1-2-12(4-3-11)14-18-16(7-21,8-22)10-24-14/h1-4,13-14,17-22H,5-10H2/t13-,14+. The van der Waals surface area contributed by atoms with Gasteiger partial charge in [0.05, 0.1) is 50.7 Å². The molecule has 1 aromatic carbocycles. The van der Waals surface area contributed by atoms with E-state index in [2.05, 4.69) is 10.6 Å². The van der Waals surface area contributed by atoms with Gasteiger partial charge in [-0.1, -0.05) is 24.3 Å². The quantitative estimate of drug-likeness (QED) is 0.365. The fraction of sp³-hybridized carbons (Fsp3) is 0.625. The van der Waals surface area contributed by atoms with Gasteiger partial charge in [-0.3, -0.25) is 10.6 Å². The average molecular weight is 340 g/mol. The van der Waals surface area contributed by atoms with Crippen molar-refractivity contribution in [3.05, 3.63) is 35.4 Å². The van der Waals surface area contributed by atoms with Crippen LogP contribution in [0.4, 0.5) is 0 Å². The van der Waals surface area contributed by atoms with Crippen LogP contribution in [0.2, 0.25) is 0 Å². The van der Waals surface area contributed by atoms with Gasteiger partial charge in [0.1, 0.15) is 12.5 Å². The molecule has 8 heteroatoms. The Balaban J connectivity index is 1.67. The van der Waals surface area contributed by atoms with Crippen LogP contribution in [0.1, 0.15) is 23.6 Å². The second-order valence-corrected chi connectivity index (χ2v) is 6.53. The molecule has 0 aliphatic carbocycles. The molecule has 0 bridgehead atoms. The van der Waals surface area contributed by atoms with Crippen molar-refractivity contribution >= 4 is 0 Å². The van der Waals surface area contributed by atoms with E-state index in [1.165, 1.54) is 0 Å². The van der Waals surface area contributed by atoms with Crippen molar-refractivity contribution in [1.82, 2.24) is 10.6 Å². The van der Waals surface area contributed by atoms with E-state index in [-0.39, 0.29) is 39.6 Å². The zero-order valence-electron chi connectivity index (χ0n) is 13.3. The summed E-state index contributed by atoms with van der Waals surface area (Å²) in [5.41, 5.74) is 0.106. The van der Waals surface area contributed by atoms with Crippen LogP contribution in [0, 0.1) is 0 Å². The number of rotatable bonds is 6. The van der Waals surface area contributed by atoms with E-state index in [0.29, 0.717) is 0 Å². The molecule has 3 rings (SSSR count). The highest BCUT2D eigenvalue weighted by Crippen LogP contribution is 2.29. The lowest BCUT2D eigenvalue weighted by Gasteiger charge is -2.24. The normalized spacial score (nSPS) is 28.3. The molecule has 0 radical (unpaired) electrons. The van der Waals surface area contributed by atoms with Crippen molar-refractivity contribution in [2.24, 2.45) is 0 Å². The van der Waals surface area contributed by atoms with Gasteiger partial charge in [-0.15, -0.1) is 0 Å². The monoisotopic (exact) mass is 340 g/mol. The first-order valence-corrected chi connectivity index (χ1v) is 7.91. The van der Waals surface area contributed by atoms with Crippen molar-refractivity contribution < 1.29 is 29.9 Å². The molecule has 24 heavy (non-hydrogen) atoms. The molecule has 1 aromatic rings. The van der Waals surface area contributed by atoms with Crippen LogP contribution in [-0.2, 0) is 9.47 Å². The summed E-state index contributed by atoms with van der Waals surface area (Å²) in [6.45, 7) is -0.361. The summed E-state index contributed by atoms with van der Waals surface area (Å²) < 4.78 is 11.3. The third-order valence-corrected chi connectivity index (χ3v) is 4.68. The van der Waals surface area contributed by atoms with Crippen molar-refractivity contribution in [2.75, 3.05) is 39.6 Å². The average Bonchev–Trinajstić information content (AvgIpc) is 3.28. The van der Waals surface area contributed by atoms with Gasteiger partial charge in [0.2, 0.25) is 0 Å². The minimum absolute atomic E-state index is 0.206. The number of ether oxygens (including phenoxy) is 2. The third kappa shape index (κ3) is 3.19. The number of hydrogen-bond donors (Lipinski definition) is 6. The van der Waals surface area contributed by atoms with E-state index in [9.17, 15) is 20.4 Å². The molecular weight excluding hydrogens is 316 g/mol. The van der Waals surface area contributed by atoms with Gasteiger partial charge >= 0.3 is 0 Å². The molecule has 2 atom stereocenters. The molecule has 2 saturated heterocycles. The molecule has 0 aromatic heterocycles. The fourth-order valence-corrected chi connectivity index (χ4v) is 2.88. The topological polar surface area (TPSA) is 123 Å². The van der Waals surface area contributed by atoms with E-state index >= 15 is 0 Å². The summed E-state index contributed by atoms with van der Waals surface area (Å²) >= 11 is 0. The number of nitrogens with one attached hydrogen (secondary N) is 2. The van der Waals surface area contributed by atoms with Gasteiger partial charge in [0.15, 0.2) is 0 Å². The SMILES string of the molecule is OCC1(CO)CO[C@H](c2ccc([C@H]3NC(CO)(CO)CO3)cc2)N1. The zero-order valence-corrected chi connectivity index (χ0v) is 13.3. The van der Waals surface area contributed by atoms with Crippen LogP contribution in [-0.4, -0.2) is 71.1 Å². The van der Waals surface area contributed by atoms with Crippen LogP contribution < -0.4 is 10.6 Å². The largest absolute Gasteiger partial charge is 0.394 e. The minimum atomic E-state index is -0.818. The molecule has 2 heterocycles. The highest BCUT2D eigenvalue weighted by Gasteiger charge is 2.40. The van der Waals surface area contributed by atoms with Crippen LogP contribution in [0.15, 0.2) is 24.3 Å². The highest BCUT2D eigenvalue weighted by molar-refractivity contribution is 5.27. The van der Waals surface area contributed by atoms with Crippen LogP contribution in [0.5, 0.6) is 0 Å². The second-order valence-electron chi connectivity index (χ2n) is 6.53. The van der Waals surface area contributed by atoms with Gasteiger partial charge in [-0.25, -0.2) is 0 Å². The smallest absolute Gasteiger partial charge is 0.135 e. The van der Waals surface area contributed by atoms with Crippen LogP contribution >= 0.6 is 0 Å². The lowest BCUT2D eigenvalue weighted by molar-refractivity contribution is 0.0748. The van der Waals surface area contributed by atoms with Gasteiger partial charge < -0.3 is 29.9 Å².